The second-order valence-electron chi connectivity index (χ2n) is 17.4. The van der Waals surface area contributed by atoms with Gasteiger partial charge in [0.25, 0.3) is 0 Å². The molecule has 344 valence electrons. The van der Waals surface area contributed by atoms with Gasteiger partial charge in [-0.25, -0.2) is 9.59 Å². The van der Waals surface area contributed by atoms with E-state index >= 15 is 0 Å². The van der Waals surface area contributed by atoms with Crippen molar-refractivity contribution in [3.8, 4) is 5.75 Å². The molecule has 8 rings (SSSR count). The lowest BCUT2D eigenvalue weighted by Gasteiger charge is -2.45. The molecular formula is C54H56ClNO10. The molecule has 6 atom stereocenters. The topological polar surface area (TPSA) is 111 Å². The van der Waals surface area contributed by atoms with Crippen LogP contribution in [0.4, 0.5) is 10.5 Å². The van der Waals surface area contributed by atoms with Crippen LogP contribution in [0.25, 0.3) is 10.8 Å². The summed E-state index contributed by atoms with van der Waals surface area (Å²) in [6, 6.07) is 48.7. The van der Waals surface area contributed by atoms with Gasteiger partial charge in [-0.15, -0.1) is 11.6 Å². The molecule has 2 aliphatic heterocycles. The molecule has 2 aliphatic rings. The highest BCUT2D eigenvalue weighted by Crippen LogP contribution is 2.46. The van der Waals surface area contributed by atoms with Crippen molar-refractivity contribution in [2.75, 3.05) is 30.5 Å². The summed E-state index contributed by atoms with van der Waals surface area (Å²) in [6.07, 6.45) is -4.70. The van der Waals surface area contributed by atoms with Crippen molar-refractivity contribution in [2.24, 2.45) is 0 Å². The van der Waals surface area contributed by atoms with E-state index in [0.29, 0.717) is 24.2 Å². The van der Waals surface area contributed by atoms with Gasteiger partial charge in [0.05, 0.1) is 38.7 Å². The minimum atomic E-state index is -1.13. The van der Waals surface area contributed by atoms with E-state index in [2.05, 4.69) is 0 Å². The van der Waals surface area contributed by atoms with Crippen LogP contribution in [0.2, 0.25) is 0 Å². The van der Waals surface area contributed by atoms with E-state index in [-0.39, 0.29) is 44.0 Å². The molecule has 11 nitrogen and oxygen atoms in total. The van der Waals surface area contributed by atoms with Gasteiger partial charge in [0.15, 0.2) is 6.29 Å². The summed E-state index contributed by atoms with van der Waals surface area (Å²) in [5.41, 5.74) is 4.58. The van der Waals surface area contributed by atoms with E-state index < -0.39 is 55.0 Å². The number of rotatable bonds is 18. The first-order valence-corrected chi connectivity index (χ1v) is 22.8. The normalized spacial score (nSPS) is 20.5. The molecule has 1 fully saturated rings. The van der Waals surface area contributed by atoms with Crippen molar-refractivity contribution in [1.82, 2.24) is 0 Å². The zero-order chi connectivity index (χ0) is 45.9. The number of esters is 1. The number of fused-ring (bicyclic) bond motifs is 3. The minimum Gasteiger partial charge on any atom is -0.443 e. The number of nitrogens with zero attached hydrogens (tertiary/aromatic N) is 1. The van der Waals surface area contributed by atoms with Crippen molar-refractivity contribution in [3.05, 3.63) is 179 Å². The van der Waals surface area contributed by atoms with Crippen molar-refractivity contribution in [1.29, 1.82) is 0 Å². The van der Waals surface area contributed by atoms with Crippen molar-refractivity contribution < 1.29 is 47.5 Å². The van der Waals surface area contributed by atoms with E-state index in [1.54, 1.807) is 11.0 Å². The van der Waals surface area contributed by atoms with E-state index in [4.69, 9.17) is 49.5 Å². The number of carbonyl (C=O) groups excluding carboxylic acids is 2. The number of carbonyl (C=O) groups is 2. The van der Waals surface area contributed by atoms with Gasteiger partial charge in [0, 0.05) is 29.8 Å². The molecule has 3 unspecified atom stereocenters. The number of hydrogen-bond acceptors (Lipinski definition) is 10. The molecule has 0 spiro atoms. The zero-order valence-corrected chi connectivity index (χ0v) is 38.2. The van der Waals surface area contributed by atoms with E-state index in [1.165, 1.54) is 0 Å². The lowest BCUT2D eigenvalue weighted by Crippen LogP contribution is -2.62. The first kappa shape index (κ1) is 46.9. The number of halogens is 1. The van der Waals surface area contributed by atoms with Crippen LogP contribution < -0.4 is 9.64 Å². The smallest absolute Gasteiger partial charge is 0.414 e. The summed E-state index contributed by atoms with van der Waals surface area (Å²) in [7, 11) is 0. The molecule has 12 heteroatoms. The summed E-state index contributed by atoms with van der Waals surface area (Å²) < 4.78 is 51.8. The second kappa shape index (κ2) is 22.2. The molecule has 1 saturated heterocycles. The van der Waals surface area contributed by atoms with Crippen LogP contribution in [-0.2, 0) is 64.4 Å². The molecule has 0 N–H and O–H groups in total. The summed E-state index contributed by atoms with van der Waals surface area (Å²) >= 11 is 6.50. The Hall–Kier alpha value is -5.63. The molecule has 66 heavy (non-hydrogen) atoms. The zero-order valence-electron chi connectivity index (χ0n) is 37.5. The SMILES string of the molecule is CC(C)(C)OC(=O)N1CC(CCl)c2c1cc(OC(=O)CO[C@@H]1OC(COCc3ccccc3)[C@H](OCc3ccccc3)[C@H](OCc3ccccc3)C1OCc1ccccc1)c1ccccc21. The maximum Gasteiger partial charge on any atom is 0.414 e. The third kappa shape index (κ3) is 12.0. The molecule has 0 radical (unpaired) electrons. The molecule has 1 amide bonds. The largest absolute Gasteiger partial charge is 0.443 e. The van der Waals surface area contributed by atoms with Crippen LogP contribution in [-0.4, -0.2) is 74.0 Å². The van der Waals surface area contributed by atoms with Gasteiger partial charge < -0.3 is 37.9 Å². The highest BCUT2D eigenvalue weighted by molar-refractivity contribution is 6.19. The first-order chi connectivity index (χ1) is 32.1. The number of alkyl halides is 1. The molecule has 0 bridgehead atoms. The highest BCUT2D eigenvalue weighted by atomic mass is 35.5. The number of amides is 1. The Morgan fingerprint density at radius 2 is 1.14 bits per heavy atom. The Balaban J connectivity index is 1.09. The highest BCUT2D eigenvalue weighted by Gasteiger charge is 2.49. The fraction of sp³-hybridized carbons (Fsp3) is 0.333. The summed E-state index contributed by atoms with van der Waals surface area (Å²) in [4.78, 5) is 29.2. The van der Waals surface area contributed by atoms with Crippen LogP contribution in [0.15, 0.2) is 152 Å². The average molecular weight is 914 g/mol. The summed E-state index contributed by atoms with van der Waals surface area (Å²) in [5, 5.41) is 1.51. The van der Waals surface area contributed by atoms with Crippen LogP contribution in [0.1, 0.15) is 54.5 Å². The molecule has 0 aromatic heterocycles. The van der Waals surface area contributed by atoms with Crippen LogP contribution in [0, 0.1) is 0 Å². The van der Waals surface area contributed by atoms with Crippen molar-refractivity contribution in [2.45, 2.75) is 89.4 Å². The van der Waals surface area contributed by atoms with E-state index in [9.17, 15) is 9.59 Å². The summed E-state index contributed by atoms with van der Waals surface area (Å²) in [6.45, 7) is 6.42. The Kier molecular flexibility index (Phi) is 15.8. The third-order valence-corrected chi connectivity index (χ3v) is 11.7. The second-order valence-corrected chi connectivity index (χ2v) is 17.7. The minimum absolute atomic E-state index is 0.119. The third-order valence-electron chi connectivity index (χ3n) is 11.4. The van der Waals surface area contributed by atoms with Gasteiger partial charge in [-0.05, 0) is 54.0 Å². The lowest BCUT2D eigenvalue weighted by molar-refractivity contribution is -0.327. The van der Waals surface area contributed by atoms with Gasteiger partial charge in [-0.1, -0.05) is 146 Å². The lowest BCUT2D eigenvalue weighted by atomic mass is 9.95. The van der Waals surface area contributed by atoms with Gasteiger partial charge >= 0.3 is 12.1 Å². The Morgan fingerprint density at radius 3 is 1.68 bits per heavy atom. The predicted octanol–water partition coefficient (Wildman–Crippen LogP) is 10.5. The van der Waals surface area contributed by atoms with Gasteiger partial charge in [0.1, 0.15) is 42.4 Å². The predicted molar refractivity (Wildman–Crippen MR) is 252 cm³/mol. The number of anilines is 1. The monoisotopic (exact) mass is 913 g/mol. The Bertz CT molecular complexity index is 2490. The standard InChI is InChI=1S/C54H56ClNO10/c1-54(2,3)66-53(58)56-30-41(29-55)48-43-27-17-16-26-42(43)45(28-44(48)56)64-47(57)36-63-52-51(62-34-40-24-14-7-15-25-40)50(61-33-39-22-12-6-13-23-39)49(60-32-38-20-10-5-11-21-38)46(65-52)35-59-31-37-18-8-4-9-19-37/h4-28,41,46,49-52H,29-36H2,1-3H3/t41?,46?,49-,50-,51?,52+/m0/s1. The van der Waals surface area contributed by atoms with Crippen molar-refractivity contribution in [3.63, 3.8) is 0 Å². The number of hydrogen-bond donors (Lipinski definition) is 0. The van der Waals surface area contributed by atoms with E-state index in [1.807, 2.05) is 166 Å². The molecular weight excluding hydrogens is 858 g/mol. The molecule has 0 aliphatic carbocycles. The molecule has 0 saturated carbocycles. The average Bonchev–Trinajstić information content (AvgIpc) is 3.72. The van der Waals surface area contributed by atoms with Crippen LogP contribution >= 0.6 is 11.6 Å². The quantitative estimate of drug-likeness (QED) is 0.0469. The maximum atomic E-state index is 14.1. The summed E-state index contributed by atoms with van der Waals surface area (Å²) in [5.74, 6) is -0.313. The fourth-order valence-electron chi connectivity index (χ4n) is 8.30. The van der Waals surface area contributed by atoms with Gasteiger partial charge in [-0.2, -0.15) is 0 Å². The van der Waals surface area contributed by atoms with E-state index in [0.717, 1.165) is 33.2 Å². The number of ether oxygens (including phenoxy) is 8. The van der Waals surface area contributed by atoms with Gasteiger partial charge in [-0.3, -0.25) is 4.90 Å². The Morgan fingerprint density at radius 1 is 0.636 bits per heavy atom. The molecule has 2 heterocycles. The van der Waals surface area contributed by atoms with Crippen LogP contribution in [0.5, 0.6) is 5.75 Å². The molecule has 6 aromatic rings. The van der Waals surface area contributed by atoms with Gasteiger partial charge in [0.2, 0.25) is 0 Å². The fourth-order valence-corrected chi connectivity index (χ4v) is 8.55. The molecule has 6 aromatic carbocycles. The van der Waals surface area contributed by atoms with Crippen LogP contribution in [0.3, 0.4) is 0 Å². The first-order valence-electron chi connectivity index (χ1n) is 22.3. The maximum absolute atomic E-state index is 14.1. The Labute approximate surface area is 391 Å². The number of benzene rings is 6. The van der Waals surface area contributed by atoms with Crippen molar-refractivity contribution >= 4 is 40.1 Å².